The Bertz CT molecular complexity index is 224. The molecule has 1 aliphatic heterocycles. The van der Waals surface area contributed by atoms with Crippen LogP contribution in [-0.2, 0) is 0 Å². The van der Waals surface area contributed by atoms with E-state index >= 15 is 0 Å². The van der Waals surface area contributed by atoms with Crippen molar-refractivity contribution in [1.82, 2.24) is 15.1 Å². The van der Waals surface area contributed by atoms with Crippen LogP contribution in [0.4, 0.5) is 0 Å². The molecule has 0 bridgehead atoms. The molecule has 2 fully saturated rings. The van der Waals surface area contributed by atoms with Gasteiger partial charge in [-0.25, -0.2) is 0 Å². The Hall–Kier alpha value is -0.120. The number of likely N-dealkylation sites (N-methyl/N-ethyl adjacent to an activating group) is 1. The number of nitrogens with one attached hydrogen (secondary N) is 1. The van der Waals surface area contributed by atoms with Gasteiger partial charge in [0.2, 0.25) is 0 Å². The van der Waals surface area contributed by atoms with E-state index in [-0.39, 0.29) is 0 Å². The average Bonchev–Trinajstić information content (AvgIpc) is 2.62. The molecule has 0 radical (unpaired) electrons. The summed E-state index contributed by atoms with van der Waals surface area (Å²) in [6, 6.07) is 1.67. The Balaban J connectivity index is 1.71. The molecule has 0 amide bonds. The van der Waals surface area contributed by atoms with Gasteiger partial charge in [0.05, 0.1) is 0 Å². The minimum absolute atomic E-state index is 0.802. The second-order valence-electron chi connectivity index (χ2n) is 6.15. The molecule has 2 rings (SSSR count). The molecule has 1 saturated carbocycles. The first-order valence-electron chi connectivity index (χ1n) is 7.95. The lowest BCUT2D eigenvalue weighted by Gasteiger charge is -2.36. The summed E-state index contributed by atoms with van der Waals surface area (Å²) in [5, 5.41) is 3.69. The van der Waals surface area contributed by atoms with Crippen molar-refractivity contribution in [3.63, 3.8) is 0 Å². The van der Waals surface area contributed by atoms with Crippen LogP contribution in [-0.4, -0.2) is 61.7 Å². The smallest absolute Gasteiger partial charge is 0.0112 e. The SMILES string of the molecule is CCCNC1CCC(N2CCCN(C)CC2)CC1. The van der Waals surface area contributed by atoms with Gasteiger partial charge < -0.3 is 10.2 Å². The topological polar surface area (TPSA) is 18.5 Å². The van der Waals surface area contributed by atoms with E-state index in [2.05, 4.69) is 29.1 Å². The Morgan fingerprint density at radius 1 is 1.00 bits per heavy atom. The Kier molecular flexibility index (Phi) is 5.93. The summed E-state index contributed by atoms with van der Waals surface area (Å²) in [6.45, 7) is 8.60. The molecule has 2 aliphatic rings. The van der Waals surface area contributed by atoms with Gasteiger partial charge in [0.25, 0.3) is 0 Å². The molecule has 3 nitrogen and oxygen atoms in total. The van der Waals surface area contributed by atoms with Crippen molar-refractivity contribution >= 4 is 0 Å². The van der Waals surface area contributed by atoms with Crippen molar-refractivity contribution in [1.29, 1.82) is 0 Å². The maximum absolute atomic E-state index is 3.69. The van der Waals surface area contributed by atoms with Gasteiger partial charge in [0.1, 0.15) is 0 Å². The largest absolute Gasteiger partial charge is 0.314 e. The minimum Gasteiger partial charge on any atom is -0.314 e. The summed E-state index contributed by atoms with van der Waals surface area (Å²) in [6.07, 6.45) is 8.20. The van der Waals surface area contributed by atoms with Crippen molar-refractivity contribution in [3.05, 3.63) is 0 Å². The summed E-state index contributed by atoms with van der Waals surface area (Å²) in [5.41, 5.74) is 0. The lowest BCUT2D eigenvalue weighted by Crippen LogP contribution is -2.43. The summed E-state index contributed by atoms with van der Waals surface area (Å²) in [7, 11) is 2.26. The molecule has 0 aromatic rings. The zero-order valence-corrected chi connectivity index (χ0v) is 12.3. The van der Waals surface area contributed by atoms with E-state index in [0.717, 1.165) is 12.1 Å². The molecular formula is C15H31N3. The van der Waals surface area contributed by atoms with Gasteiger partial charge in [-0.05, 0) is 65.2 Å². The molecule has 1 saturated heterocycles. The second kappa shape index (κ2) is 7.46. The summed E-state index contributed by atoms with van der Waals surface area (Å²) in [5.74, 6) is 0. The van der Waals surface area contributed by atoms with Crippen molar-refractivity contribution in [2.45, 2.75) is 57.5 Å². The van der Waals surface area contributed by atoms with Crippen LogP contribution in [0.1, 0.15) is 45.4 Å². The zero-order chi connectivity index (χ0) is 12.8. The Morgan fingerprint density at radius 3 is 2.50 bits per heavy atom. The maximum atomic E-state index is 3.69. The molecule has 1 aliphatic carbocycles. The van der Waals surface area contributed by atoms with E-state index in [0.29, 0.717) is 0 Å². The highest BCUT2D eigenvalue weighted by Gasteiger charge is 2.26. The minimum atomic E-state index is 0.802. The third-order valence-corrected chi connectivity index (χ3v) is 4.65. The fourth-order valence-electron chi connectivity index (χ4n) is 3.43. The zero-order valence-electron chi connectivity index (χ0n) is 12.3. The van der Waals surface area contributed by atoms with Gasteiger partial charge in [0.15, 0.2) is 0 Å². The van der Waals surface area contributed by atoms with Gasteiger partial charge in [0, 0.05) is 25.2 Å². The third-order valence-electron chi connectivity index (χ3n) is 4.65. The Morgan fingerprint density at radius 2 is 1.78 bits per heavy atom. The van der Waals surface area contributed by atoms with Crippen molar-refractivity contribution in [2.24, 2.45) is 0 Å². The number of rotatable bonds is 4. The lowest BCUT2D eigenvalue weighted by atomic mass is 9.90. The fourth-order valence-corrected chi connectivity index (χ4v) is 3.43. The van der Waals surface area contributed by atoms with Crippen LogP contribution in [0.5, 0.6) is 0 Å². The first-order chi connectivity index (χ1) is 8.79. The van der Waals surface area contributed by atoms with Gasteiger partial charge in [-0.15, -0.1) is 0 Å². The summed E-state index contributed by atoms with van der Waals surface area (Å²) < 4.78 is 0. The van der Waals surface area contributed by atoms with E-state index in [4.69, 9.17) is 0 Å². The quantitative estimate of drug-likeness (QED) is 0.826. The highest BCUT2D eigenvalue weighted by Crippen LogP contribution is 2.24. The summed E-state index contributed by atoms with van der Waals surface area (Å²) >= 11 is 0. The number of hydrogen-bond donors (Lipinski definition) is 1. The van der Waals surface area contributed by atoms with Crippen LogP contribution in [0.25, 0.3) is 0 Å². The molecule has 106 valence electrons. The second-order valence-corrected chi connectivity index (χ2v) is 6.15. The average molecular weight is 253 g/mol. The number of hydrogen-bond acceptors (Lipinski definition) is 3. The number of nitrogens with zero attached hydrogens (tertiary/aromatic N) is 2. The van der Waals surface area contributed by atoms with Crippen LogP contribution < -0.4 is 5.32 Å². The molecule has 1 heterocycles. The lowest BCUT2D eigenvalue weighted by molar-refractivity contribution is 0.148. The summed E-state index contributed by atoms with van der Waals surface area (Å²) in [4.78, 5) is 5.24. The molecule has 0 unspecified atom stereocenters. The van der Waals surface area contributed by atoms with E-state index in [1.54, 1.807) is 0 Å². The molecule has 0 atom stereocenters. The molecule has 1 N–H and O–H groups in total. The van der Waals surface area contributed by atoms with Gasteiger partial charge in [-0.3, -0.25) is 4.90 Å². The highest BCUT2D eigenvalue weighted by atomic mass is 15.2. The highest BCUT2D eigenvalue weighted by molar-refractivity contribution is 4.84. The predicted molar refractivity (Wildman–Crippen MR) is 78.0 cm³/mol. The van der Waals surface area contributed by atoms with Crippen LogP contribution in [0.15, 0.2) is 0 Å². The van der Waals surface area contributed by atoms with E-state index in [1.165, 1.54) is 71.2 Å². The van der Waals surface area contributed by atoms with E-state index in [9.17, 15) is 0 Å². The predicted octanol–water partition coefficient (Wildman–Crippen LogP) is 1.93. The van der Waals surface area contributed by atoms with Gasteiger partial charge in [-0.2, -0.15) is 0 Å². The molecule has 18 heavy (non-hydrogen) atoms. The molecule has 3 heteroatoms. The normalized spacial score (nSPS) is 32.3. The first kappa shape index (κ1) is 14.3. The molecule has 0 aromatic carbocycles. The van der Waals surface area contributed by atoms with Gasteiger partial charge in [-0.1, -0.05) is 6.92 Å². The van der Waals surface area contributed by atoms with Crippen LogP contribution in [0.2, 0.25) is 0 Å². The fraction of sp³-hybridized carbons (Fsp3) is 1.00. The van der Waals surface area contributed by atoms with E-state index < -0.39 is 0 Å². The monoisotopic (exact) mass is 253 g/mol. The van der Waals surface area contributed by atoms with E-state index in [1.807, 2.05) is 0 Å². The third kappa shape index (κ3) is 4.22. The van der Waals surface area contributed by atoms with Crippen LogP contribution >= 0.6 is 0 Å². The molecule has 0 spiro atoms. The Labute approximate surface area is 113 Å². The standard InChI is InChI=1S/C15H31N3/c1-3-9-16-14-5-7-15(8-6-14)18-11-4-10-17(2)12-13-18/h14-16H,3-13H2,1-2H3. The molecule has 0 aromatic heterocycles. The van der Waals surface area contributed by atoms with Crippen molar-refractivity contribution < 1.29 is 0 Å². The van der Waals surface area contributed by atoms with Gasteiger partial charge >= 0.3 is 0 Å². The van der Waals surface area contributed by atoms with Crippen LogP contribution in [0, 0.1) is 0 Å². The first-order valence-corrected chi connectivity index (χ1v) is 7.95. The van der Waals surface area contributed by atoms with Crippen LogP contribution in [0.3, 0.4) is 0 Å². The van der Waals surface area contributed by atoms with Crippen molar-refractivity contribution in [3.8, 4) is 0 Å². The molecular weight excluding hydrogens is 222 g/mol. The maximum Gasteiger partial charge on any atom is 0.0112 e. The van der Waals surface area contributed by atoms with Crippen molar-refractivity contribution in [2.75, 3.05) is 39.8 Å².